The summed E-state index contributed by atoms with van der Waals surface area (Å²) in [6, 6.07) is 13.3. The molecular weight excluding hydrogens is 372 g/mol. The number of anilines is 1. The maximum Gasteiger partial charge on any atom is 0.256 e. The van der Waals surface area contributed by atoms with E-state index in [0.29, 0.717) is 28.1 Å². The SMILES string of the molecule is CSc1cccc(NC(=O)c2cc(-c3ccco3)nc3c2cnn3C(C)C)c1. The monoisotopic (exact) mass is 392 g/mol. The van der Waals surface area contributed by atoms with Gasteiger partial charge in [0.05, 0.1) is 23.4 Å². The van der Waals surface area contributed by atoms with Crippen LogP contribution in [0.2, 0.25) is 0 Å². The molecule has 0 aliphatic heterocycles. The quantitative estimate of drug-likeness (QED) is 0.470. The van der Waals surface area contributed by atoms with E-state index < -0.39 is 0 Å². The van der Waals surface area contributed by atoms with Crippen LogP contribution < -0.4 is 5.32 Å². The minimum atomic E-state index is -0.207. The number of amides is 1. The summed E-state index contributed by atoms with van der Waals surface area (Å²) in [6.07, 6.45) is 5.29. The number of carbonyl (C=O) groups excluding carboxylic acids is 1. The number of pyridine rings is 1. The molecular formula is C21H20N4O2S. The van der Waals surface area contributed by atoms with Crippen molar-refractivity contribution in [2.24, 2.45) is 0 Å². The number of fused-ring (bicyclic) bond motifs is 1. The first-order chi connectivity index (χ1) is 13.6. The van der Waals surface area contributed by atoms with Gasteiger partial charge in [0.1, 0.15) is 5.69 Å². The van der Waals surface area contributed by atoms with Gasteiger partial charge in [-0.25, -0.2) is 9.67 Å². The van der Waals surface area contributed by atoms with Crippen molar-refractivity contribution < 1.29 is 9.21 Å². The first-order valence-electron chi connectivity index (χ1n) is 8.94. The van der Waals surface area contributed by atoms with Crippen molar-refractivity contribution in [2.45, 2.75) is 24.8 Å². The molecule has 7 heteroatoms. The molecule has 28 heavy (non-hydrogen) atoms. The highest BCUT2D eigenvalue weighted by molar-refractivity contribution is 7.98. The van der Waals surface area contributed by atoms with Crippen LogP contribution in [-0.4, -0.2) is 26.9 Å². The average Bonchev–Trinajstić information content (AvgIpc) is 3.37. The van der Waals surface area contributed by atoms with Gasteiger partial charge in [-0.2, -0.15) is 5.10 Å². The van der Waals surface area contributed by atoms with E-state index in [4.69, 9.17) is 9.40 Å². The van der Waals surface area contributed by atoms with Gasteiger partial charge in [-0.3, -0.25) is 4.79 Å². The van der Waals surface area contributed by atoms with E-state index in [1.54, 1.807) is 36.4 Å². The topological polar surface area (TPSA) is 73.0 Å². The van der Waals surface area contributed by atoms with E-state index in [1.165, 1.54) is 0 Å². The van der Waals surface area contributed by atoms with Gasteiger partial charge in [0.2, 0.25) is 0 Å². The Kier molecular flexibility index (Phi) is 4.92. The third-order valence-electron chi connectivity index (χ3n) is 4.40. The number of nitrogens with one attached hydrogen (secondary N) is 1. The zero-order valence-electron chi connectivity index (χ0n) is 15.8. The van der Waals surface area contributed by atoms with Crippen LogP contribution in [0.5, 0.6) is 0 Å². The van der Waals surface area contributed by atoms with Crippen LogP contribution in [0.25, 0.3) is 22.5 Å². The van der Waals surface area contributed by atoms with E-state index in [1.807, 2.05) is 55.1 Å². The van der Waals surface area contributed by atoms with Crippen LogP contribution in [-0.2, 0) is 0 Å². The molecule has 0 atom stereocenters. The van der Waals surface area contributed by atoms with Gasteiger partial charge in [0.25, 0.3) is 5.91 Å². The van der Waals surface area contributed by atoms with Crippen molar-refractivity contribution in [3.05, 3.63) is 60.5 Å². The van der Waals surface area contributed by atoms with E-state index in [-0.39, 0.29) is 11.9 Å². The van der Waals surface area contributed by atoms with Crippen molar-refractivity contribution in [1.82, 2.24) is 14.8 Å². The lowest BCUT2D eigenvalue weighted by Crippen LogP contribution is -2.13. The molecule has 0 radical (unpaired) electrons. The Morgan fingerprint density at radius 2 is 2.07 bits per heavy atom. The van der Waals surface area contributed by atoms with Gasteiger partial charge in [-0.1, -0.05) is 6.07 Å². The highest BCUT2D eigenvalue weighted by atomic mass is 32.2. The van der Waals surface area contributed by atoms with Crippen molar-refractivity contribution in [3.8, 4) is 11.5 Å². The minimum absolute atomic E-state index is 0.117. The molecule has 0 unspecified atom stereocenters. The number of benzene rings is 1. The smallest absolute Gasteiger partial charge is 0.256 e. The second-order valence-electron chi connectivity index (χ2n) is 6.64. The first kappa shape index (κ1) is 18.3. The van der Waals surface area contributed by atoms with Crippen LogP contribution >= 0.6 is 11.8 Å². The Morgan fingerprint density at radius 3 is 2.79 bits per heavy atom. The Balaban J connectivity index is 1.81. The van der Waals surface area contributed by atoms with Crippen LogP contribution in [0.1, 0.15) is 30.2 Å². The van der Waals surface area contributed by atoms with Crippen LogP contribution in [0.3, 0.4) is 0 Å². The lowest BCUT2D eigenvalue weighted by Gasteiger charge is -2.10. The van der Waals surface area contributed by atoms with Crippen LogP contribution in [0.15, 0.2) is 64.2 Å². The molecule has 0 saturated heterocycles. The van der Waals surface area contributed by atoms with E-state index in [2.05, 4.69) is 10.4 Å². The molecule has 3 heterocycles. The van der Waals surface area contributed by atoms with Crippen molar-refractivity contribution >= 4 is 34.4 Å². The second kappa shape index (κ2) is 7.52. The summed E-state index contributed by atoms with van der Waals surface area (Å²) in [6.45, 7) is 4.06. The second-order valence-corrected chi connectivity index (χ2v) is 7.52. The fraction of sp³-hybridized carbons (Fsp3) is 0.190. The van der Waals surface area contributed by atoms with Crippen molar-refractivity contribution in [1.29, 1.82) is 0 Å². The first-order valence-corrected chi connectivity index (χ1v) is 10.2. The van der Waals surface area contributed by atoms with Crippen LogP contribution in [0, 0.1) is 0 Å². The Morgan fingerprint density at radius 1 is 1.21 bits per heavy atom. The molecule has 4 rings (SSSR count). The van der Waals surface area contributed by atoms with Gasteiger partial charge < -0.3 is 9.73 Å². The van der Waals surface area contributed by atoms with Gasteiger partial charge in [-0.15, -0.1) is 11.8 Å². The summed E-state index contributed by atoms with van der Waals surface area (Å²) in [5, 5.41) is 8.13. The molecule has 0 aliphatic rings. The van der Waals surface area contributed by atoms with E-state index in [0.717, 1.165) is 10.6 Å². The van der Waals surface area contributed by atoms with Crippen molar-refractivity contribution in [3.63, 3.8) is 0 Å². The Labute approximate surface area is 167 Å². The summed E-state index contributed by atoms with van der Waals surface area (Å²) >= 11 is 1.63. The molecule has 1 N–H and O–H groups in total. The number of hydrogen-bond acceptors (Lipinski definition) is 5. The molecule has 0 bridgehead atoms. The maximum atomic E-state index is 13.1. The van der Waals surface area contributed by atoms with Crippen molar-refractivity contribution in [2.75, 3.05) is 11.6 Å². The zero-order valence-corrected chi connectivity index (χ0v) is 16.7. The highest BCUT2D eigenvalue weighted by Gasteiger charge is 2.19. The molecule has 4 aromatic rings. The third-order valence-corrected chi connectivity index (χ3v) is 5.13. The summed E-state index contributed by atoms with van der Waals surface area (Å²) in [7, 11) is 0. The predicted octanol–water partition coefficient (Wildman–Crippen LogP) is 5.25. The lowest BCUT2D eigenvalue weighted by atomic mass is 10.1. The number of carbonyl (C=O) groups is 1. The maximum absolute atomic E-state index is 13.1. The fourth-order valence-electron chi connectivity index (χ4n) is 3.03. The average molecular weight is 392 g/mol. The molecule has 3 aromatic heterocycles. The third kappa shape index (κ3) is 3.41. The summed E-state index contributed by atoms with van der Waals surface area (Å²) in [5.41, 5.74) is 2.52. The highest BCUT2D eigenvalue weighted by Crippen LogP contribution is 2.27. The van der Waals surface area contributed by atoms with E-state index in [9.17, 15) is 4.79 Å². The van der Waals surface area contributed by atoms with Gasteiger partial charge in [-0.05, 0) is 56.5 Å². The fourth-order valence-corrected chi connectivity index (χ4v) is 3.49. The zero-order chi connectivity index (χ0) is 19.7. The minimum Gasteiger partial charge on any atom is -0.463 e. The lowest BCUT2D eigenvalue weighted by molar-refractivity contribution is 0.102. The molecule has 1 aromatic carbocycles. The summed E-state index contributed by atoms with van der Waals surface area (Å²) in [5.74, 6) is 0.401. The molecule has 0 aliphatic carbocycles. The molecule has 0 spiro atoms. The number of hydrogen-bond donors (Lipinski definition) is 1. The summed E-state index contributed by atoms with van der Waals surface area (Å²) in [4.78, 5) is 18.9. The van der Waals surface area contributed by atoms with Gasteiger partial charge >= 0.3 is 0 Å². The molecule has 0 fully saturated rings. The number of thioether (sulfide) groups is 1. The van der Waals surface area contributed by atoms with Gasteiger partial charge in [0, 0.05) is 16.6 Å². The molecule has 1 amide bonds. The number of rotatable bonds is 5. The molecule has 0 saturated carbocycles. The molecule has 142 valence electrons. The number of aromatic nitrogens is 3. The predicted molar refractivity (Wildman–Crippen MR) is 112 cm³/mol. The van der Waals surface area contributed by atoms with Gasteiger partial charge in [0.15, 0.2) is 11.4 Å². The van der Waals surface area contributed by atoms with Crippen LogP contribution in [0.4, 0.5) is 5.69 Å². The van der Waals surface area contributed by atoms with E-state index >= 15 is 0 Å². The Bertz CT molecular complexity index is 1130. The molecule has 6 nitrogen and oxygen atoms in total. The summed E-state index contributed by atoms with van der Waals surface area (Å²) < 4.78 is 7.31. The normalized spacial score (nSPS) is 11.3. The number of nitrogens with zero attached hydrogens (tertiary/aromatic N) is 3. The standard InChI is InChI=1S/C21H20N4O2S/c1-13(2)25-20-17(12-22-25)16(11-18(24-20)19-8-5-9-27-19)21(26)23-14-6-4-7-15(10-14)28-3/h4-13H,1-3H3,(H,23,26). The number of furan rings is 1. The Hall–Kier alpha value is -3.06. The largest absolute Gasteiger partial charge is 0.463 e.